The third kappa shape index (κ3) is 3.94. The van der Waals surface area contributed by atoms with Gasteiger partial charge in [-0.1, -0.05) is 0 Å². The van der Waals surface area contributed by atoms with E-state index in [1.165, 1.54) is 0 Å². The molecule has 0 aliphatic heterocycles. The zero-order valence-corrected chi connectivity index (χ0v) is 10.9. The van der Waals surface area contributed by atoms with Crippen molar-refractivity contribution in [2.75, 3.05) is 23.5 Å². The topological polar surface area (TPSA) is 77.2 Å². The van der Waals surface area contributed by atoms with Gasteiger partial charge in [0, 0.05) is 22.6 Å². The third-order valence-electron chi connectivity index (χ3n) is 2.08. The molecule has 0 heterocycles. The second-order valence-electron chi connectivity index (χ2n) is 3.70. The van der Waals surface area contributed by atoms with Crippen molar-refractivity contribution < 1.29 is 12.6 Å². The lowest BCUT2D eigenvalue weighted by molar-refractivity contribution is 0.602. The molecule has 0 saturated carbocycles. The van der Waals surface area contributed by atoms with E-state index in [-0.39, 0.29) is 11.5 Å². The average molecular weight is 261 g/mol. The summed E-state index contributed by atoms with van der Waals surface area (Å²) in [7, 11) is -4.35. The summed E-state index contributed by atoms with van der Waals surface area (Å²) in [6.45, 7) is 1.81. The molecule has 0 saturated heterocycles. The maximum absolute atomic E-state index is 11.8. The van der Waals surface area contributed by atoms with E-state index in [0.717, 1.165) is 11.8 Å². The van der Waals surface area contributed by atoms with Crippen LogP contribution in [-0.2, 0) is 20.6 Å². The van der Waals surface area contributed by atoms with Crippen LogP contribution in [0, 0.1) is 6.92 Å². The molecular weight excluding hydrogens is 246 g/mol. The fraction of sp³-hybridized carbons (Fsp3) is 0.400. The molecule has 0 aromatic heterocycles. The van der Waals surface area contributed by atoms with Crippen LogP contribution in [0.1, 0.15) is 5.56 Å². The molecule has 0 radical (unpaired) electrons. The first-order valence-corrected chi connectivity index (χ1v) is 8.10. The zero-order chi connectivity index (χ0) is 12.3. The summed E-state index contributed by atoms with van der Waals surface area (Å²) in [6, 6.07) is 5.08. The van der Waals surface area contributed by atoms with Gasteiger partial charge in [-0.25, -0.2) is 8.42 Å². The molecule has 0 bridgehead atoms. The van der Waals surface area contributed by atoms with Crippen molar-refractivity contribution >= 4 is 26.3 Å². The molecule has 1 aromatic rings. The lowest BCUT2D eigenvalue weighted by Gasteiger charge is -2.06. The highest BCUT2D eigenvalue weighted by atomic mass is 32.2. The molecule has 90 valence electrons. The highest BCUT2D eigenvalue weighted by Gasteiger charge is 2.10. The Bertz CT molecular complexity index is 509. The van der Waals surface area contributed by atoms with Crippen LogP contribution in [0.15, 0.2) is 23.1 Å². The minimum atomic E-state index is -3.07. The van der Waals surface area contributed by atoms with Gasteiger partial charge in [-0.15, -0.1) is 0 Å². The Labute approximate surface area is 98.2 Å². The van der Waals surface area contributed by atoms with Crippen LogP contribution in [0.2, 0.25) is 0 Å². The zero-order valence-electron chi connectivity index (χ0n) is 9.26. The molecule has 0 aliphatic rings. The normalized spacial score (nSPS) is 13.6. The molecule has 16 heavy (non-hydrogen) atoms. The SMILES string of the molecule is Cc1cc(N)ccc1S(=O)CCS(C)(=O)=O. The van der Waals surface area contributed by atoms with Crippen molar-refractivity contribution in [1.29, 1.82) is 0 Å². The van der Waals surface area contributed by atoms with E-state index in [1.54, 1.807) is 18.2 Å². The predicted octanol–water partition coefficient (Wildman–Crippen LogP) is 0.729. The fourth-order valence-electron chi connectivity index (χ4n) is 1.27. The van der Waals surface area contributed by atoms with E-state index in [2.05, 4.69) is 0 Å². The number of sulfone groups is 1. The van der Waals surface area contributed by atoms with Crippen LogP contribution >= 0.6 is 0 Å². The van der Waals surface area contributed by atoms with E-state index < -0.39 is 20.6 Å². The molecule has 1 aromatic carbocycles. The number of anilines is 1. The van der Waals surface area contributed by atoms with Gasteiger partial charge in [0.15, 0.2) is 0 Å². The Hall–Kier alpha value is -0.880. The van der Waals surface area contributed by atoms with Gasteiger partial charge >= 0.3 is 0 Å². The van der Waals surface area contributed by atoms with Crippen molar-refractivity contribution in [3.63, 3.8) is 0 Å². The van der Waals surface area contributed by atoms with Crippen molar-refractivity contribution in [2.45, 2.75) is 11.8 Å². The molecule has 4 nitrogen and oxygen atoms in total. The van der Waals surface area contributed by atoms with Crippen LogP contribution in [0.5, 0.6) is 0 Å². The van der Waals surface area contributed by atoms with Crippen LogP contribution in [0.4, 0.5) is 5.69 Å². The molecular formula is C10H15NO3S2. The number of aryl methyl sites for hydroxylation is 1. The fourth-order valence-corrected chi connectivity index (χ4v) is 3.94. The summed E-state index contributed by atoms with van der Waals surface area (Å²) in [5.74, 6) is 0.0625. The molecule has 1 unspecified atom stereocenters. The highest BCUT2D eigenvalue weighted by molar-refractivity contribution is 7.92. The third-order valence-corrected chi connectivity index (χ3v) is 4.81. The second-order valence-corrected chi connectivity index (χ2v) is 7.50. The summed E-state index contributed by atoms with van der Waals surface area (Å²) < 4.78 is 33.7. The van der Waals surface area contributed by atoms with Gasteiger partial charge in [-0.3, -0.25) is 4.21 Å². The average Bonchev–Trinajstić information content (AvgIpc) is 2.13. The predicted molar refractivity (Wildman–Crippen MR) is 66.6 cm³/mol. The molecule has 0 amide bonds. The smallest absolute Gasteiger partial charge is 0.148 e. The molecule has 1 atom stereocenters. The second kappa shape index (κ2) is 4.97. The molecule has 2 N–H and O–H groups in total. The van der Waals surface area contributed by atoms with Crippen molar-refractivity contribution in [3.05, 3.63) is 23.8 Å². The Balaban J connectivity index is 2.82. The summed E-state index contributed by atoms with van der Waals surface area (Å²) in [5.41, 5.74) is 7.01. The van der Waals surface area contributed by atoms with Gasteiger partial charge in [0.25, 0.3) is 0 Å². The van der Waals surface area contributed by atoms with E-state index in [9.17, 15) is 12.6 Å². The minimum Gasteiger partial charge on any atom is -0.399 e. The number of nitrogens with two attached hydrogens (primary N) is 1. The van der Waals surface area contributed by atoms with E-state index in [4.69, 9.17) is 5.73 Å². The highest BCUT2D eigenvalue weighted by Crippen LogP contribution is 2.16. The van der Waals surface area contributed by atoms with Crippen molar-refractivity contribution in [2.24, 2.45) is 0 Å². The Morgan fingerprint density at radius 2 is 2.00 bits per heavy atom. The van der Waals surface area contributed by atoms with E-state index >= 15 is 0 Å². The first kappa shape index (κ1) is 13.2. The maximum atomic E-state index is 11.8. The van der Waals surface area contributed by atoms with Crippen molar-refractivity contribution in [1.82, 2.24) is 0 Å². The van der Waals surface area contributed by atoms with Gasteiger partial charge in [0.2, 0.25) is 0 Å². The Morgan fingerprint density at radius 1 is 1.38 bits per heavy atom. The van der Waals surface area contributed by atoms with E-state index in [0.29, 0.717) is 10.6 Å². The van der Waals surface area contributed by atoms with Crippen LogP contribution in [0.25, 0.3) is 0 Å². The van der Waals surface area contributed by atoms with E-state index in [1.807, 2.05) is 6.92 Å². The largest absolute Gasteiger partial charge is 0.399 e. The summed E-state index contributed by atoms with van der Waals surface area (Å²) in [4.78, 5) is 0.651. The van der Waals surface area contributed by atoms with Gasteiger partial charge in [0.1, 0.15) is 9.84 Å². The number of hydrogen-bond acceptors (Lipinski definition) is 4. The number of nitrogen functional groups attached to an aromatic ring is 1. The molecule has 1 rings (SSSR count). The first-order valence-electron chi connectivity index (χ1n) is 4.72. The van der Waals surface area contributed by atoms with Gasteiger partial charge in [0.05, 0.1) is 16.6 Å². The summed E-state index contributed by atoms with van der Waals surface area (Å²) in [6.07, 6.45) is 1.14. The lowest BCUT2D eigenvalue weighted by atomic mass is 10.2. The molecule has 0 aliphatic carbocycles. The number of benzene rings is 1. The molecule has 0 spiro atoms. The molecule has 6 heteroatoms. The maximum Gasteiger partial charge on any atom is 0.148 e. The summed E-state index contributed by atoms with van der Waals surface area (Å²) >= 11 is 0. The van der Waals surface area contributed by atoms with Gasteiger partial charge in [-0.05, 0) is 30.7 Å². The van der Waals surface area contributed by atoms with Crippen molar-refractivity contribution in [3.8, 4) is 0 Å². The number of rotatable bonds is 4. The van der Waals surface area contributed by atoms with Crippen LogP contribution in [-0.4, -0.2) is 30.4 Å². The first-order chi connectivity index (χ1) is 7.29. The minimum absolute atomic E-state index is 0.0660. The van der Waals surface area contributed by atoms with Gasteiger partial charge in [-0.2, -0.15) is 0 Å². The lowest BCUT2D eigenvalue weighted by Crippen LogP contribution is -2.12. The Morgan fingerprint density at radius 3 is 2.50 bits per heavy atom. The summed E-state index contributed by atoms with van der Waals surface area (Å²) in [5, 5.41) is 0. The van der Waals surface area contributed by atoms with Gasteiger partial charge < -0.3 is 5.73 Å². The van der Waals surface area contributed by atoms with Crippen LogP contribution < -0.4 is 5.73 Å². The quantitative estimate of drug-likeness (QED) is 0.811. The van der Waals surface area contributed by atoms with Crippen LogP contribution in [0.3, 0.4) is 0 Å². The number of hydrogen-bond donors (Lipinski definition) is 1. The Kier molecular flexibility index (Phi) is 4.09. The monoisotopic (exact) mass is 261 g/mol. The molecule has 0 fully saturated rings. The standard InChI is InChI=1S/C10H15NO3S2/c1-8-7-9(11)3-4-10(8)15(12)5-6-16(2,13)14/h3-4,7H,5-6,11H2,1-2H3.